The van der Waals surface area contributed by atoms with E-state index in [1.54, 1.807) is 6.20 Å². The van der Waals surface area contributed by atoms with Crippen LogP contribution in [0.3, 0.4) is 0 Å². The van der Waals surface area contributed by atoms with Gasteiger partial charge in [-0.1, -0.05) is 12.1 Å². The van der Waals surface area contributed by atoms with Crippen LogP contribution in [0.2, 0.25) is 0 Å². The lowest BCUT2D eigenvalue weighted by Gasteiger charge is -2.29. The minimum Gasteiger partial charge on any atom is -0.464 e. The molecule has 3 heterocycles. The van der Waals surface area contributed by atoms with E-state index in [2.05, 4.69) is 23.0 Å². The first kappa shape index (κ1) is 17.5. The van der Waals surface area contributed by atoms with Gasteiger partial charge in [-0.3, -0.25) is 4.40 Å². The molecular formula is C21H23N5O. The summed E-state index contributed by atoms with van der Waals surface area (Å²) in [5.74, 6) is 0.517. The largest absolute Gasteiger partial charge is 0.464 e. The highest BCUT2D eigenvalue weighted by atomic mass is 16.5. The first-order valence-corrected chi connectivity index (χ1v) is 9.31. The van der Waals surface area contributed by atoms with E-state index in [0.29, 0.717) is 24.1 Å². The maximum absolute atomic E-state index is 9.02. The van der Waals surface area contributed by atoms with Crippen LogP contribution in [-0.4, -0.2) is 46.0 Å². The summed E-state index contributed by atoms with van der Waals surface area (Å²) in [5, 5.41) is 9.02. The Labute approximate surface area is 159 Å². The number of nitriles is 1. The van der Waals surface area contributed by atoms with E-state index in [1.807, 2.05) is 41.8 Å². The minimum absolute atomic E-state index is 0.517. The first-order valence-electron chi connectivity index (χ1n) is 9.31. The number of aryl methyl sites for hydroxylation is 1. The van der Waals surface area contributed by atoms with E-state index in [9.17, 15) is 0 Å². The molecule has 138 valence electrons. The Balaban J connectivity index is 1.66. The number of ether oxygens (including phenoxy) is 1. The number of piperidine rings is 1. The van der Waals surface area contributed by atoms with E-state index in [4.69, 9.17) is 15.0 Å². The minimum atomic E-state index is 0.517. The van der Waals surface area contributed by atoms with Crippen molar-refractivity contribution in [2.75, 3.05) is 26.7 Å². The van der Waals surface area contributed by atoms with Gasteiger partial charge in [0.05, 0.1) is 23.9 Å². The zero-order valence-corrected chi connectivity index (χ0v) is 15.7. The zero-order chi connectivity index (χ0) is 18.8. The van der Waals surface area contributed by atoms with Crippen molar-refractivity contribution < 1.29 is 4.74 Å². The van der Waals surface area contributed by atoms with Crippen LogP contribution in [0.15, 0.2) is 36.7 Å². The molecule has 0 bridgehead atoms. The van der Waals surface area contributed by atoms with Crippen LogP contribution in [0, 0.1) is 24.2 Å². The molecule has 6 heteroatoms. The average Bonchev–Trinajstić information content (AvgIpc) is 3.18. The number of nitrogens with zero attached hydrogens (tertiary/aromatic N) is 5. The van der Waals surface area contributed by atoms with Gasteiger partial charge < -0.3 is 9.64 Å². The molecule has 27 heavy (non-hydrogen) atoms. The van der Waals surface area contributed by atoms with Gasteiger partial charge >= 0.3 is 6.01 Å². The summed E-state index contributed by atoms with van der Waals surface area (Å²) in [5.41, 5.74) is 4.28. The van der Waals surface area contributed by atoms with Crippen molar-refractivity contribution in [3.05, 3.63) is 47.8 Å². The number of aromatic nitrogens is 3. The van der Waals surface area contributed by atoms with Gasteiger partial charge in [-0.2, -0.15) is 10.2 Å². The number of likely N-dealkylation sites (tertiary alicyclic amines) is 1. The third-order valence-electron chi connectivity index (χ3n) is 5.20. The van der Waals surface area contributed by atoms with Crippen molar-refractivity contribution in [1.82, 2.24) is 19.3 Å². The lowest BCUT2D eigenvalue weighted by Crippen LogP contribution is -2.35. The van der Waals surface area contributed by atoms with Gasteiger partial charge in [0.2, 0.25) is 0 Å². The van der Waals surface area contributed by atoms with Crippen LogP contribution in [0.4, 0.5) is 0 Å². The zero-order valence-electron chi connectivity index (χ0n) is 15.7. The summed E-state index contributed by atoms with van der Waals surface area (Å²) >= 11 is 0. The van der Waals surface area contributed by atoms with E-state index in [0.717, 1.165) is 35.6 Å². The fourth-order valence-corrected chi connectivity index (χ4v) is 3.76. The third kappa shape index (κ3) is 3.51. The van der Waals surface area contributed by atoms with Crippen molar-refractivity contribution in [2.24, 2.45) is 5.92 Å². The molecule has 0 spiro atoms. The van der Waals surface area contributed by atoms with E-state index in [-0.39, 0.29) is 0 Å². The normalized spacial score (nSPS) is 17.7. The second-order valence-corrected chi connectivity index (χ2v) is 7.26. The maximum Gasteiger partial charge on any atom is 0.302 e. The Kier molecular flexibility index (Phi) is 4.78. The Hall–Kier alpha value is -2.91. The third-order valence-corrected chi connectivity index (χ3v) is 5.20. The number of imidazole rings is 1. The Morgan fingerprint density at radius 2 is 2.11 bits per heavy atom. The highest BCUT2D eigenvalue weighted by Crippen LogP contribution is 2.28. The van der Waals surface area contributed by atoms with Crippen molar-refractivity contribution in [3.8, 4) is 23.3 Å². The molecule has 4 rings (SSSR count). The monoisotopic (exact) mass is 361 g/mol. The molecule has 0 saturated carbocycles. The van der Waals surface area contributed by atoms with Crippen LogP contribution in [0.1, 0.15) is 24.0 Å². The molecule has 1 atom stereocenters. The summed E-state index contributed by atoms with van der Waals surface area (Å²) in [6.45, 7) is 4.89. The molecule has 0 aliphatic carbocycles. The second-order valence-electron chi connectivity index (χ2n) is 7.26. The molecule has 6 nitrogen and oxygen atoms in total. The summed E-state index contributed by atoms with van der Waals surface area (Å²) in [6, 6.07) is 10.2. The quantitative estimate of drug-likeness (QED) is 0.713. The highest BCUT2D eigenvalue weighted by Gasteiger charge is 2.20. The van der Waals surface area contributed by atoms with Crippen LogP contribution in [-0.2, 0) is 0 Å². The topological polar surface area (TPSA) is 66.5 Å². The van der Waals surface area contributed by atoms with E-state index < -0.39 is 0 Å². The summed E-state index contributed by atoms with van der Waals surface area (Å²) in [6.07, 6.45) is 6.06. The lowest BCUT2D eigenvalue weighted by atomic mass is 10.00. The molecule has 0 unspecified atom stereocenters. The second kappa shape index (κ2) is 7.37. The smallest absolute Gasteiger partial charge is 0.302 e. The van der Waals surface area contributed by atoms with Crippen molar-refractivity contribution >= 4 is 5.65 Å². The number of hydrogen-bond acceptors (Lipinski definition) is 5. The predicted octanol–water partition coefficient (Wildman–Crippen LogP) is 3.30. The molecule has 3 aromatic rings. The van der Waals surface area contributed by atoms with Gasteiger partial charge in [0.25, 0.3) is 0 Å². The molecule has 0 radical (unpaired) electrons. The maximum atomic E-state index is 9.02. The molecule has 1 aliphatic rings. The first-order chi connectivity index (χ1) is 13.2. The predicted molar refractivity (Wildman–Crippen MR) is 104 cm³/mol. The van der Waals surface area contributed by atoms with Crippen molar-refractivity contribution in [1.29, 1.82) is 5.26 Å². The SMILES string of the molecule is Cc1c(-c2ccc(C#N)cc2)nc(OC[C@@H]2CCCN(C)C2)n2ccnc12. The average molecular weight is 361 g/mol. The molecule has 1 fully saturated rings. The van der Waals surface area contributed by atoms with E-state index >= 15 is 0 Å². The Morgan fingerprint density at radius 1 is 1.30 bits per heavy atom. The van der Waals surface area contributed by atoms with Gasteiger partial charge in [-0.15, -0.1) is 0 Å². The molecule has 1 aliphatic heterocycles. The number of hydrogen-bond donors (Lipinski definition) is 0. The van der Waals surface area contributed by atoms with Crippen LogP contribution < -0.4 is 4.74 Å². The van der Waals surface area contributed by atoms with Crippen LogP contribution >= 0.6 is 0 Å². The van der Waals surface area contributed by atoms with Crippen molar-refractivity contribution in [2.45, 2.75) is 19.8 Å². The number of benzene rings is 1. The van der Waals surface area contributed by atoms with Gasteiger partial charge in [0.15, 0.2) is 0 Å². The summed E-state index contributed by atoms with van der Waals surface area (Å²) < 4.78 is 8.07. The summed E-state index contributed by atoms with van der Waals surface area (Å²) in [4.78, 5) is 11.7. The molecule has 1 saturated heterocycles. The summed E-state index contributed by atoms with van der Waals surface area (Å²) in [7, 11) is 2.16. The van der Waals surface area contributed by atoms with E-state index in [1.165, 1.54) is 12.8 Å². The van der Waals surface area contributed by atoms with Gasteiger partial charge in [-0.05, 0) is 45.5 Å². The molecular weight excluding hydrogens is 338 g/mol. The van der Waals surface area contributed by atoms with Crippen LogP contribution in [0.5, 0.6) is 6.01 Å². The molecule has 0 N–H and O–H groups in total. The van der Waals surface area contributed by atoms with Crippen LogP contribution in [0.25, 0.3) is 16.9 Å². The Morgan fingerprint density at radius 3 is 2.85 bits per heavy atom. The fourth-order valence-electron chi connectivity index (χ4n) is 3.76. The van der Waals surface area contributed by atoms with Crippen molar-refractivity contribution in [3.63, 3.8) is 0 Å². The van der Waals surface area contributed by atoms with Gasteiger partial charge in [-0.25, -0.2) is 4.98 Å². The van der Waals surface area contributed by atoms with Gasteiger partial charge in [0.1, 0.15) is 5.65 Å². The Bertz CT molecular complexity index is 986. The molecule has 1 aromatic carbocycles. The standard InChI is InChI=1S/C21H23N5O/c1-15-19(18-7-5-16(12-22)6-8-18)24-21(26-11-9-23-20(15)26)27-14-17-4-3-10-25(2)13-17/h5-9,11,17H,3-4,10,13-14H2,1-2H3/t17-/m1/s1. The number of rotatable bonds is 4. The fraction of sp³-hybridized carbons (Fsp3) is 0.381. The number of fused-ring (bicyclic) bond motifs is 1. The van der Waals surface area contributed by atoms with Gasteiger partial charge in [0, 0.05) is 36.0 Å². The molecule has 0 amide bonds. The lowest BCUT2D eigenvalue weighted by molar-refractivity contribution is 0.143. The molecule has 2 aromatic heterocycles. The highest BCUT2D eigenvalue weighted by molar-refractivity contribution is 5.70.